The number of pyridine rings is 1. The first kappa shape index (κ1) is 17.2. The van der Waals surface area contributed by atoms with Gasteiger partial charge in [-0.3, -0.25) is 14.5 Å². The molecule has 26 heavy (non-hydrogen) atoms. The Morgan fingerprint density at radius 2 is 1.96 bits per heavy atom. The zero-order valence-electron chi connectivity index (χ0n) is 14.1. The molecule has 1 aromatic carbocycles. The van der Waals surface area contributed by atoms with Gasteiger partial charge in [-0.2, -0.15) is 0 Å². The standard InChI is InChI=1S/C17H18FN3O4S/c1-20-4-5-21(15-9-26(24,25)8-14(15)20)17(23)12-7-19-13-3-2-10(18)6-11(13)16(12)22/h2-3,6-7,14-15H,4-5,8-9H2,1H3,(H,19,22). The van der Waals surface area contributed by atoms with E-state index in [1.807, 2.05) is 11.9 Å². The molecule has 0 radical (unpaired) electrons. The average molecular weight is 379 g/mol. The number of sulfone groups is 1. The molecule has 9 heteroatoms. The van der Waals surface area contributed by atoms with E-state index in [-0.39, 0.29) is 28.5 Å². The van der Waals surface area contributed by atoms with E-state index in [2.05, 4.69) is 4.98 Å². The lowest BCUT2D eigenvalue weighted by atomic mass is 10.0. The van der Waals surface area contributed by atoms with Crippen molar-refractivity contribution in [3.05, 3.63) is 46.0 Å². The normalized spacial score (nSPS) is 25.4. The van der Waals surface area contributed by atoms with Crippen molar-refractivity contribution < 1.29 is 17.6 Å². The Morgan fingerprint density at radius 1 is 1.23 bits per heavy atom. The molecule has 2 aliphatic rings. The Hall–Kier alpha value is -2.26. The van der Waals surface area contributed by atoms with Gasteiger partial charge in [0.1, 0.15) is 11.4 Å². The van der Waals surface area contributed by atoms with E-state index in [0.29, 0.717) is 18.6 Å². The van der Waals surface area contributed by atoms with Crippen LogP contribution in [0.3, 0.4) is 0 Å². The number of carbonyl (C=O) groups excluding carboxylic acids is 1. The summed E-state index contributed by atoms with van der Waals surface area (Å²) in [6.45, 7) is 0.870. The Morgan fingerprint density at radius 3 is 2.73 bits per heavy atom. The molecular weight excluding hydrogens is 361 g/mol. The van der Waals surface area contributed by atoms with Crippen LogP contribution in [-0.4, -0.2) is 72.8 Å². The summed E-state index contributed by atoms with van der Waals surface area (Å²) in [5.41, 5.74) is -0.220. The molecule has 138 valence electrons. The number of fused-ring (bicyclic) bond motifs is 2. The predicted molar refractivity (Wildman–Crippen MR) is 94.4 cm³/mol. The highest BCUT2D eigenvalue weighted by atomic mass is 32.2. The molecule has 2 saturated heterocycles. The van der Waals surface area contributed by atoms with Gasteiger partial charge < -0.3 is 9.88 Å². The Balaban J connectivity index is 1.75. The molecule has 0 spiro atoms. The highest BCUT2D eigenvalue weighted by Crippen LogP contribution is 2.27. The van der Waals surface area contributed by atoms with Gasteiger partial charge >= 0.3 is 0 Å². The number of benzene rings is 1. The minimum Gasteiger partial charge on any atom is -0.360 e. The monoisotopic (exact) mass is 379 g/mol. The second-order valence-corrected chi connectivity index (χ2v) is 9.07. The van der Waals surface area contributed by atoms with Crippen molar-refractivity contribution in [3.8, 4) is 0 Å². The van der Waals surface area contributed by atoms with Crippen molar-refractivity contribution in [2.75, 3.05) is 31.6 Å². The fourth-order valence-electron chi connectivity index (χ4n) is 3.88. The highest BCUT2D eigenvalue weighted by molar-refractivity contribution is 7.91. The van der Waals surface area contributed by atoms with E-state index in [4.69, 9.17) is 0 Å². The van der Waals surface area contributed by atoms with Gasteiger partial charge in [-0.1, -0.05) is 0 Å². The van der Waals surface area contributed by atoms with Crippen LogP contribution >= 0.6 is 0 Å². The third kappa shape index (κ3) is 2.71. The molecule has 3 heterocycles. The Bertz CT molecular complexity index is 1070. The molecule has 2 aliphatic heterocycles. The third-order valence-corrected chi connectivity index (χ3v) is 6.99. The van der Waals surface area contributed by atoms with Crippen LogP contribution in [0.15, 0.2) is 29.2 Å². The first-order valence-corrected chi connectivity index (χ1v) is 10.1. The maximum Gasteiger partial charge on any atom is 0.259 e. The van der Waals surface area contributed by atoms with E-state index in [9.17, 15) is 22.4 Å². The number of hydrogen-bond donors (Lipinski definition) is 1. The number of hydrogen-bond acceptors (Lipinski definition) is 5. The number of aromatic nitrogens is 1. The summed E-state index contributed by atoms with van der Waals surface area (Å²) >= 11 is 0. The molecule has 2 fully saturated rings. The van der Waals surface area contributed by atoms with Gasteiger partial charge in [-0.25, -0.2) is 12.8 Å². The summed E-state index contributed by atoms with van der Waals surface area (Å²) in [6.07, 6.45) is 1.32. The molecule has 0 aliphatic carbocycles. The SMILES string of the molecule is CN1CCN(C(=O)c2c[nH]c3ccc(F)cc3c2=O)C2CS(=O)(=O)CC21. The first-order chi connectivity index (χ1) is 12.3. The van der Waals surface area contributed by atoms with Crippen molar-refractivity contribution in [1.29, 1.82) is 0 Å². The fourth-order valence-corrected chi connectivity index (χ4v) is 5.94. The van der Waals surface area contributed by atoms with Crippen LogP contribution in [0.1, 0.15) is 10.4 Å². The number of carbonyl (C=O) groups is 1. The van der Waals surface area contributed by atoms with E-state index < -0.39 is 33.0 Å². The first-order valence-electron chi connectivity index (χ1n) is 8.29. The van der Waals surface area contributed by atoms with Crippen LogP contribution in [0, 0.1) is 5.82 Å². The number of piperazine rings is 1. The van der Waals surface area contributed by atoms with Gasteiger partial charge in [0.25, 0.3) is 5.91 Å². The van der Waals surface area contributed by atoms with E-state index in [1.54, 1.807) is 0 Å². The molecule has 0 bridgehead atoms. The maximum absolute atomic E-state index is 13.5. The summed E-state index contributed by atoms with van der Waals surface area (Å²) in [5, 5.41) is 0.0978. The quantitative estimate of drug-likeness (QED) is 0.766. The summed E-state index contributed by atoms with van der Waals surface area (Å²) in [5.74, 6) is -1.17. The average Bonchev–Trinajstić information content (AvgIpc) is 2.91. The second kappa shape index (κ2) is 5.88. The Kier molecular flexibility index (Phi) is 3.89. The topological polar surface area (TPSA) is 90.6 Å². The summed E-state index contributed by atoms with van der Waals surface area (Å²) in [6, 6.07) is 3.02. The van der Waals surface area contributed by atoms with Gasteiger partial charge in [0.2, 0.25) is 5.43 Å². The number of H-pyrrole nitrogens is 1. The molecule has 1 N–H and O–H groups in total. The number of amides is 1. The summed E-state index contributed by atoms with van der Waals surface area (Å²) in [4.78, 5) is 32.0. The molecule has 2 unspecified atom stereocenters. The molecule has 1 aromatic heterocycles. The van der Waals surface area contributed by atoms with Gasteiger partial charge in [-0.15, -0.1) is 0 Å². The third-order valence-electron chi connectivity index (χ3n) is 5.29. The van der Waals surface area contributed by atoms with Crippen LogP contribution in [-0.2, 0) is 9.84 Å². The van der Waals surface area contributed by atoms with Crippen LogP contribution < -0.4 is 5.43 Å². The molecular formula is C17H18FN3O4S. The van der Waals surface area contributed by atoms with E-state index >= 15 is 0 Å². The molecule has 0 saturated carbocycles. The molecule has 7 nitrogen and oxygen atoms in total. The predicted octanol–water partition coefficient (Wildman–Crippen LogP) is 0.220. The van der Waals surface area contributed by atoms with Crippen LogP contribution in [0.25, 0.3) is 10.9 Å². The van der Waals surface area contributed by atoms with Gasteiger partial charge in [0.15, 0.2) is 9.84 Å². The Labute approximate surface area is 149 Å². The summed E-state index contributed by atoms with van der Waals surface area (Å²) < 4.78 is 37.6. The van der Waals surface area contributed by atoms with Crippen molar-refractivity contribution in [2.24, 2.45) is 0 Å². The maximum atomic E-state index is 13.5. The number of rotatable bonds is 1. The lowest BCUT2D eigenvalue weighted by Crippen LogP contribution is -2.59. The fraction of sp³-hybridized carbons (Fsp3) is 0.412. The number of aromatic amines is 1. The molecule has 2 aromatic rings. The van der Waals surface area contributed by atoms with Crippen molar-refractivity contribution in [2.45, 2.75) is 12.1 Å². The van der Waals surface area contributed by atoms with Crippen LogP contribution in [0.2, 0.25) is 0 Å². The van der Waals surface area contributed by atoms with Crippen LogP contribution in [0.5, 0.6) is 0 Å². The largest absolute Gasteiger partial charge is 0.360 e. The molecule has 4 rings (SSSR count). The lowest BCUT2D eigenvalue weighted by molar-refractivity contribution is 0.0408. The van der Waals surface area contributed by atoms with Crippen LogP contribution in [0.4, 0.5) is 4.39 Å². The smallest absolute Gasteiger partial charge is 0.259 e. The zero-order valence-corrected chi connectivity index (χ0v) is 14.9. The van der Waals surface area contributed by atoms with Crippen molar-refractivity contribution in [1.82, 2.24) is 14.8 Å². The summed E-state index contributed by atoms with van der Waals surface area (Å²) in [7, 11) is -1.39. The minimum atomic E-state index is -3.23. The minimum absolute atomic E-state index is 0.0111. The number of likely N-dealkylation sites (N-methyl/N-ethyl adjacent to an activating group) is 1. The second-order valence-electron chi connectivity index (χ2n) is 6.91. The number of nitrogens with one attached hydrogen (secondary N) is 1. The van der Waals surface area contributed by atoms with Gasteiger partial charge in [0, 0.05) is 36.2 Å². The molecule has 1 amide bonds. The van der Waals surface area contributed by atoms with Crippen molar-refractivity contribution >= 4 is 26.6 Å². The van der Waals surface area contributed by atoms with Gasteiger partial charge in [-0.05, 0) is 25.2 Å². The molecule has 2 atom stereocenters. The highest BCUT2D eigenvalue weighted by Gasteiger charge is 2.47. The van der Waals surface area contributed by atoms with Gasteiger partial charge in [0.05, 0.1) is 17.5 Å². The number of halogens is 1. The van der Waals surface area contributed by atoms with E-state index in [0.717, 1.165) is 6.07 Å². The lowest BCUT2D eigenvalue weighted by Gasteiger charge is -2.42. The van der Waals surface area contributed by atoms with Crippen molar-refractivity contribution in [3.63, 3.8) is 0 Å². The van der Waals surface area contributed by atoms with E-state index in [1.165, 1.54) is 23.2 Å². The number of nitrogens with zero attached hydrogens (tertiary/aromatic N) is 2. The zero-order chi connectivity index (χ0) is 18.6.